The summed E-state index contributed by atoms with van der Waals surface area (Å²) in [4.78, 5) is 16.7. The second kappa shape index (κ2) is 12.8. The van der Waals surface area contributed by atoms with E-state index < -0.39 is 0 Å². The van der Waals surface area contributed by atoms with Gasteiger partial charge < -0.3 is 20.4 Å². The standard InChI is InChI=1S/C29H44N4O/c1-22-12-9-10-15-26(22)31-28-21-27(30-23(2)34)25(17-16-24-13-7-6-8-14-24)20-29(28)33(5)19-11-18-32(3)4/h9-10,12,15,20-21,24,31H,6-8,11,13-14,16-19H2,1-5H3,(H,30,34). The van der Waals surface area contributed by atoms with Crippen LogP contribution in [0.3, 0.4) is 0 Å². The van der Waals surface area contributed by atoms with Gasteiger partial charge in [0.2, 0.25) is 5.91 Å². The molecular weight excluding hydrogens is 420 g/mol. The van der Waals surface area contributed by atoms with Gasteiger partial charge in [-0.25, -0.2) is 0 Å². The van der Waals surface area contributed by atoms with E-state index in [1.54, 1.807) is 6.92 Å². The average Bonchev–Trinajstić information content (AvgIpc) is 2.80. The number of amides is 1. The number of anilines is 4. The van der Waals surface area contributed by atoms with Crippen LogP contribution in [0.4, 0.5) is 22.7 Å². The summed E-state index contributed by atoms with van der Waals surface area (Å²) in [6, 6.07) is 12.8. The third kappa shape index (κ3) is 7.76. The van der Waals surface area contributed by atoms with E-state index in [0.29, 0.717) is 0 Å². The van der Waals surface area contributed by atoms with Crippen LogP contribution in [0.25, 0.3) is 0 Å². The van der Waals surface area contributed by atoms with Crippen LogP contribution in [0.5, 0.6) is 0 Å². The highest BCUT2D eigenvalue weighted by Crippen LogP contribution is 2.37. The minimum absolute atomic E-state index is 0.0205. The highest BCUT2D eigenvalue weighted by molar-refractivity contribution is 5.92. The van der Waals surface area contributed by atoms with Crippen LogP contribution in [0.2, 0.25) is 0 Å². The van der Waals surface area contributed by atoms with Crippen molar-refractivity contribution in [3.63, 3.8) is 0 Å². The molecule has 0 bridgehead atoms. The van der Waals surface area contributed by atoms with Crippen molar-refractivity contribution >= 4 is 28.7 Å². The number of rotatable bonds is 11. The lowest BCUT2D eigenvalue weighted by molar-refractivity contribution is -0.114. The molecule has 1 fully saturated rings. The molecule has 1 aliphatic carbocycles. The molecule has 2 aromatic rings. The number of aryl methyl sites for hydroxylation is 2. The molecule has 5 heteroatoms. The Kier molecular flexibility index (Phi) is 9.82. The maximum atomic E-state index is 12.1. The number of carbonyl (C=O) groups is 1. The average molecular weight is 465 g/mol. The molecule has 0 unspecified atom stereocenters. The first-order valence-corrected chi connectivity index (χ1v) is 13.0. The fraction of sp³-hybridized carbons (Fsp3) is 0.552. The topological polar surface area (TPSA) is 47.6 Å². The summed E-state index contributed by atoms with van der Waals surface area (Å²) < 4.78 is 0. The summed E-state index contributed by atoms with van der Waals surface area (Å²) >= 11 is 0. The van der Waals surface area contributed by atoms with Gasteiger partial charge in [0.05, 0.1) is 11.4 Å². The van der Waals surface area contributed by atoms with Crippen LogP contribution in [0, 0.1) is 12.8 Å². The van der Waals surface area contributed by atoms with Gasteiger partial charge in [-0.15, -0.1) is 0 Å². The third-order valence-corrected chi connectivity index (χ3v) is 7.00. The van der Waals surface area contributed by atoms with Gasteiger partial charge in [0, 0.05) is 31.9 Å². The molecule has 0 aliphatic heterocycles. The van der Waals surface area contributed by atoms with Crippen LogP contribution in [-0.4, -0.2) is 45.0 Å². The third-order valence-electron chi connectivity index (χ3n) is 7.00. The Morgan fingerprint density at radius 3 is 2.38 bits per heavy atom. The number of para-hydroxylation sites is 1. The van der Waals surface area contributed by atoms with E-state index in [1.165, 1.54) is 55.3 Å². The predicted molar refractivity (Wildman–Crippen MR) is 147 cm³/mol. The molecular formula is C29H44N4O. The Hall–Kier alpha value is -2.53. The molecule has 1 saturated carbocycles. The lowest BCUT2D eigenvalue weighted by Crippen LogP contribution is -2.24. The van der Waals surface area contributed by atoms with E-state index in [4.69, 9.17) is 0 Å². The van der Waals surface area contributed by atoms with Crippen LogP contribution in [0.15, 0.2) is 36.4 Å². The monoisotopic (exact) mass is 464 g/mol. The Balaban J connectivity index is 1.93. The maximum absolute atomic E-state index is 12.1. The smallest absolute Gasteiger partial charge is 0.221 e. The first kappa shape index (κ1) is 26.1. The van der Waals surface area contributed by atoms with Crippen LogP contribution >= 0.6 is 0 Å². The van der Waals surface area contributed by atoms with E-state index >= 15 is 0 Å². The number of hydrogen-bond donors (Lipinski definition) is 2. The molecule has 1 aliphatic rings. The minimum Gasteiger partial charge on any atom is -0.373 e. The molecule has 0 heterocycles. The zero-order valence-electron chi connectivity index (χ0n) is 21.9. The second-order valence-corrected chi connectivity index (χ2v) is 10.3. The van der Waals surface area contributed by atoms with Gasteiger partial charge in [0.15, 0.2) is 0 Å². The summed E-state index contributed by atoms with van der Waals surface area (Å²) in [5, 5.41) is 6.79. The quantitative estimate of drug-likeness (QED) is 0.393. The summed E-state index contributed by atoms with van der Waals surface area (Å²) in [6.45, 7) is 5.75. The molecule has 0 radical (unpaired) electrons. The molecule has 186 valence electrons. The molecule has 2 N–H and O–H groups in total. The predicted octanol–water partition coefficient (Wildman–Crippen LogP) is 6.60. The maximum Gasteiger partial charge on any atom is 0.221 e. The Labute approximate surface area is 206 Å². The first-order chi connectivity index (χ1) is 16.3. The lowest BCUT2D eigenvalue weighted by Gasteiger charge is -2.27. The molecule has 0 spiro atoms. The van der Waals surface area contributed by atoms with Crippen molar-refractivity contribution in [2.45, 2.75) is 65.2 Å². The Morgan fingerprint density at radius 1 is 0.971 bits per heavy atom. The SMILES string of the molecule is CC(=O)Nc1cc(Nc2ccccc2C)c(N(C)CCCN(C)C)cc1CCC1CCCCC1. The molecule has 1 amide bonds. The zero-order valence-corrected chi connectivity index (χ0v) is 21.9. The van der Waals surface area contributed by atoms with Crippen molar-refractivity contribution in [2.75, 3.05) is 49.8 Å². The van der Waals surface area contributed by atoms with Gasteiger partial charge in [0.1, 0.15) is 0 Å². The van der Waals surface area contributed by atoms with E-state index in [1.807, 2.05) is 0 Å². The number of hydrogen-bond acceptors (Lipinski definition) is 4. The van der Waals surface area contributed by atoms with Gasteiger partial charge in [-0.05, 0) is 82.1 Å². The summed E-state index contributed by atoms with van der Waals surface area (Å²) in [5.41, 5.74) is 6.69. The van der Waals surface area contributed by atoms with E-state index in [0.717, 1.165) is 48.9 Å². The van der Waals surface area contributed by atoms with Gasteiger partial charge in [-0.2, -0.15) is 0 Å². The van der Waals surface area contributed by atoms with Crippen LogP contribution in [-0.2, 0) is 11.2 Å². The van der Waals surface area contributed by atoms with E-state index in [9.17, 15) is 4.79 Å². The van der Waals surface area contributed by atoms with E-state index in [-0.39, 0.29) is 5.91 Å². The van der Waals surface area contributed by atoms with Crippen LogP contribution in [0.1, 0.15) is 63.0 Å². The number of nitrogens with zero attached hydrogens (tertiary/aromatic N) is 2. The molecule has 0 aromatic heterocycles. The van der Waals surface area contributed by atoms with Gasteiger partial charge >= 0.3 is 0 Å². The normalized spacial score (nSPS) is 14.3. The van der Waals surface area contributed by atoms with Crippen LogP contribution < -0.4 is 15.5 Å². The number of benzene rings is 2. The van der Waals surface area contributed by atoms with Crippen molar-refractivity contribution in [2.24, 2.45) is 5.92 Å². The van der Waals surface area contributed by atoms with Gasteiger partial charge in [0.25, 0.3) is 0 Å². The minimum atomic E-state index is -0.0205. The van der Waals surface area contributed by atoms with Crippen molar-refractivity contribution < 1.29 is 4.79 Å². The molecule has 34 heavy (non-hydrogen) atoms. The molecule has 2 aromatic carbocycles. The van der Waals surface area contributed by atoms with Crippen molar-refractivity contribution in [1.82, 2.24) is 4.90 Å². The Morgan fingerprint density at radius 2 is 1.71 bits per heavy atom. The summed E-state index contributed by atoms with van der Waals surface area (Å²) in [6.07, 6.45) is 10.1. The molecule has 0 atom stereocenters. The summed E-state index contributed by atoms with van der Waals surface area (Å²) in [7, 11) is 6.42. The van der Waals surface area contributed by atoms with Crippen molar-refractivity contribution in [3.05, 3.63) is 47.5 Å². The second-order valence-electron chi connectivity index (χ2n) is 10.3. The van der Waals surface area contributed by atoms with Crippen molar-refractivity contribution in [1.29, 1.82) is 0 Å². The number of carbonyl (C=O) groups excluding carboxylic acids is 1. The van der Waals surface area contributed by atoms with E-state index in [2.05, 4.69) is 84.9 Å². The van der Waals surface area contributed by atoms with Gasteiger partial charge in [-0.1, -0.05) is 50.3 Å². The van der Waals surface area contributed by atoms with Gasteiger partial charge in [-0.3, -0.25) is 4.79 Å². The largest absolute Gasteiger partial charge is 0.373 e. The summed E-state index contributed by atoms with van der Waals surface area (Å²) in [5.74, 6) is 0.790. The molecule has 3 rings (SSSR count). The molecule has 0 saturated heterocycles. The Bertz CT molecular complexity index is 934. The lowest BCUT2D eigenvalue weighted by atomic mass is 9.85. The fourth-order valence-electron chi connectivity index (χ4n) is 5.00. The van der Waals surface area contributed by atoms with Crippen molar-refractivity contribution in [3.8, 4) is 0 Å². The zero-order chi connectivity index (χ0) is 24.5. The number of nitrogens with one attached hydrogen (secondary N) is 2. The highest BCUT2D eigenvalue weighted by Gasteiger charge is 2.18. The first-order valence-electron chi connectivity index (χ1n) is 13.0. The highest BCUT2D eigenvalue weighted by atomic mass is 16.1. The fourth-order valence-corrected chi connectivity index (χ4v) is 5.00. The molecule has 5 nitrogen and oxygen atoms in total.